The normalized spacial score (nSPS) is 21.1. The first-order chi connectivity index (χ1) is 10.9. The van der Waals surface area contributed by atoms with Gasteiger partial charge in [0, 0.05) is 18.1 Å². The van der Waals surface area contributed by atoms with Crippen molar-refractivity contribution in [3.05, 3.63) is 28.8 Å². The minimum Gasteiger partial charge on any atom is -0.493 e. The second-order valence-corrected chi connectivity index (χ2v) is 6.51. The third-order valence-corrected chi connectivity index (χ3v) is 4.16. The fourth-order valence-electron chi connectivity index (χ4n) is 2.87. The van der Waals surface area contributed by atoms with Gasteiger partial charge in [-0.25, -0.2) is 0 Å². The van der Waals surface area contributed by atoms with Gasteiger partial charge in [-0.1, -0.05) is 25.4 Å². The number of halogens is 1. The summed E-state index contributed by atoms with van der Waals surface area (Å²) in [6.45, 7) is 5.22. The number of amides is 1. The van der Waals surface area contributed by atoms with Gasteiger partial charge >= 0.3 is 5.97 Å². The van der Waals surface area contributed by atoms with Crippen molar-refractivity contribution in [3.8, 4) is 5.75 Å². The van der Waals surface area contributed by atoms with E-state index in [4.69, 9.17) is 16.3 Å². The van der Waals surface area contributed by atoms with Gasteiger partial charge in [0.25, 0.3) is 5.91 Å². The van der Waals surface area contributed by atoms with Crippen molar-refractivity contribution in [1.82, 2.24) is 4.90 Å². The molecule has 0 aromatic heterocycles. The lowest BCUT2D eigenvalue weighted by molar-refractivity contribution is -0.143. The number of carboxylic acids is 1. The Morgan fingerprint density at radius 1 is 1.39 bits per heavy atom. The predicted octanol–water partition coefficient (Wildman–Crippen LogP) is 3.31. The molecule has 1 aliphatic rings. The lowest BCUT2D eigenvalue weighted by Crippen LogP contribution is -2.45. The number of aliphatic carboxylic acids is 1. The van der Waals surface area contributed by atoms with Crippen LogP contribution in [0.5, 0.6) is 5.75 Å². The van der Waals surface area contributed by atoms with Crippen molar-refractivity contribution in [2.75, 3.05) is 19.7 Å². The van der Waals surface area contributed by atoms with Crippen LogP contribution in [0.4, 0.5) is 0 Å². The molecular weight excluding hydrogens is 318 g/mol. The zero-order chi connectivity index (χ0) is 17.0. The standard InChI is InChI=1S/C17H22ClNO4/c1-3-6-23-15-5-4-13(18)8-14(15)16(20)19-9-11(2)7-12(10-19)17(21)22/h4-5,8,11-12H,3,6-7,9-10H2,1-2H3,(H,21,22). The molecule has 1 N–H and O–H groups in total. The van der Waals surface area contributed by atoms with E-state index in [-0.39, 0.29) is 18.4 Å². The average Bonchev–Trinajstić information content (AvgIpc) is 2.52. The van der Waals surface area contributed by atoms with Crippen LogP contribution in [-0.2, 0) is 4.79 Å². The van der Waals surface area contributed by atoms with Gasteiger partial charge in [0.15, 0.2) is 0 Å². The van der Waals surface area contributed by atoms with E-state index in [1.54, 1.807) is 23.1 Å². The Kier molecular flexibility index (Phi) is 5.88. The summed E-state index contributed by atoms with van der Waals surface area (Å²) < 4.78 is 5.63. The molecule has 2 atom stereocenters. The molecule has 0 saturated carbocycles. The van der Waals surface area contributed by atoms with Crippen molar-refractivity contribution in [3.63, 3.8) is 0 Å². The number of hydrogen-bond donors (Lipinski definition) is 1. The Hall–Kier alpha value is -1.75. The SMILES string of the molecule is CCCOc1ccc(Cl)cc1C(=O)N1CC(C)CC(C(=O)O)C1. The third kappa shape index (κ3) is 4.38. The molecule has 126 valence electrons. The molecule has 1 aromatic carbocycles. The average molecular weight is 340 g/mol. The molecule has 0 aliphatic carbocycles. The van der Waals surface area contributed by atoms with Crippen LogP contribution in [-0.4, -0.2) is 41.6 Å². The van der Waals surface area contributed by atoms with Crippen LogP contribution >= 0.6 is 11.6 Å². The van der Waals surface area contributed by atoms with Gasteiger partial charge in [0.2, 0.25) is 0 Å². The van der Waals surface area contributed by atoms with Crippen LogP contribution in [0.1, 0.15) is 37.0 Å². The lowest BCUT2D eigenvalue weighted by Gasteiger charge is -2.35. The summed E-state index contributed by atoms with van der Waals surface area (Å²) >= 11 is 6.02. The number of nitrogens with zero attached hydrogens (tertiary/aromatic N) is 1. The van der Waals surface area contributed by atoms with E-state index in [0.717, 1.165) is 6.42 Å². The van der Waals surface area contributed by atoms with E-state index in [0.29, 0.717) is 35.9 Å². The van der Waals surface area contributed by atoms with Gasteiger partial charge in [-0.3, -0.25) is 9.59 Å². The van der Waals surface area contributed by atoms with E-state index in [1.807, 2.05) is 13.8 Å². The summed E-state index contributed by atoms with van der Waals surface area (Å²) in [7, 11) is 0. The molecule has 1 heterocycles. The molecule has 1 aromatic rings. The fourth-order valence-corrected chi connectivity index (χ4v) is 3.05. The minimum absolute atomic E-state index is 0.146. The number of carbonyl (C=O) groups is 2. The van der Waals surface area contributed by atoms with Crippen molar-refractivity contribution < 1.29 is 19.4 Å². The highest BCUT2D eigenvalue weighted by atomic mass is 35.5. The molecule has 2 rings (SSSR count). The second kappa shape index (κ2) is 7.68. The van der Waals surface area contributed by atoms with Crippen LogP contribution in [0.25, 0.3) is 0 Å². The molecule has 1 fully saturated rings. The Labute approximate surface area is 141 Å². The first-order valence-electron chi connectivity index (χ1n) is 7.86. The molecular formula is C17H22ClNO4. The number of hydrogen-bond acceptors (Lipinski definition) is 3. The van der Waals surface area contributed by atoms with E-state index in [2.05, 4.69) is 0 Å². The largest absolute Gasteiger partial charge is 0.493 e. The summed E-state index contributed by atoms with van der Waals surface area (Å²) in [6.07, 6.45) is 1.42. The van der Waals surface area contributed by atoms with E-state index in [9.17, 15) is 14.7 Å². The van der Waals surface area contributed by atoms with Gasteiger partial charge < -0.3 is 14.7 Å². The maximum absolute atomic E-state index is 12.8. The quantitative estimate of drug-likeness (QED) is 0.893. The van der Waals surface area contributed by atoms with Crippen LogP contribution in [0.2, 0.25) is 5.02 Å². The van der Waals surface area contributed by atoms with Gasteiger partial charge in [-0.2, -0.15) is 0 Å². The van der Waals surface area contributed by atoms with E-state index < -0.39 is 11.9 Å². The number of ether oxygens (including phenoxy) is 1. The number of piperidine rings is 1. The van der Waals surface area contributed by atoms with Crippen molar-refractivity contribution in [2.45, 2.75) is 26.7 Å². The van der Waals surface area contributed by atoms with Gasteiger partial charge in [0.05, 0.1) is 18.1 Å². The number of likely N-dealkylation sites (tertiary alicyclic amines) is 1. The minimum atomic E-state index is -0.858. The zero-order valence-electron chi connectivity index (χ0n) is 13.4. The lowest BCUT2D eigenvalue weighted by atomic mass is 9.90. The number of rotatable bonds is 5. The molecule has 0 bridgehead atoms. The molecule has 0 radical (unpaired) electrons. The predicted molar refractivity (Wildman–Crippen MR) is 88.0 cm³/mol. The van der Waals surface area contributed by atoms with Gasteiger partial charge in [0.1, 0.15) is 5.75 Å². The first kappa shape index (κ1) is 17.6. The number of carbonyl (C=O) groups excluding carboxylic acids is 1. The van der Waals surface area contributed by atoms with Crippen LogP contribution in [0.3, 0.4) is 0 Å². The Bertz CT molecular complexity index is 590. The van der Waals surface area contributed by atoms with Crippen LogP contribution in [0, 0.1) is 11.8 Å². The number of benzene rings is 1. The highest BCUT2D eigenvalue weighted by Crippen LogP contribution is 2.28. The monoisotopic (exact) mass is 339 g/mol. The molecule has 2 unspecified atom stereocenters. The van der Waals surface area contributed by atoms with Gasteiger partial charge in [-0.15, -0.1) is 0 Å². The molecule has 6 heteroatoms. The van der Waals surface area contributed by atoms with Crippen molar-refractivity contribution >= 4 is 23.5 Å². The summed E-state index contributed by atoms with van der Waals surface area (Å²) in [4.78, 5) is 25.7. The Balaban J connectivity index is 2.24. The van der Waals surface area contributed by atoms with Crippen molar-refractivity contribution in [1.29, 1.82) is 0 Å². The Morgan fingerprint density at radius 2 is 2.13 bits per heavy atom. The van der Waals surface area contributed by atoms with Crippen LogP contribution in [0.15, 0.2) is 18.2 Å². The number of carboxylic acid groups (broad SMARTS) is 1. The summed E-state index contributed by atoms with van der Waals surface area (Å²) in [5.41, 5.74) is 0.393. The van der Waals surface area contributed by atoms with Crippen molar-refractivity contribution in [2.24, 2.45) is 11.8 Å². The Morgan fingerprint density at radius 3 is 2.78 bits per heavy atom. The second-order valence-electron chi connectivity index (χ2n) is 6.08. The molecule has 0 spiro atoms. The summed E-state index contributed by atoms with van der Waals surface area (Å²) in [5, 5.41) is 9.71. The molecule has 1 saturated heterocycles. The molecule has 1 amide bonds. The van der Waals surface area contributed by atoms with Gasteiger partial charge in [-0.05, 0) is 37.0 Å². The zero-order valence-corrected chi connectivity index (χ0v) is 14.2. The van der Waals surface area contributed by atoms with E-state index in [1.165, 1.54) is 0 Å². The smallest absolute Gasteiger partial charge is 0.308 e. The molecule has 1 aliphatic heterocycles. The molecule has 23 heavy (non-hydrogen) atoms. The highest BCUT2D eigenvalue weighted by Gasteiger charge is 2.33. The summed E-state index contributed by atoms with van der Waals surface area (Å²) in [6, 6.07) is 4.96. The first-order valence-corrected chi connectivity index (χ1v) is 8.24. The maximum atomic E-state index is 12.8. The maximum Gasteiger partial charge on any atom is 0.308 e. The molecule has 5 nitrogen and oxygen atoms in total. The third-order valence-electron chi connectivity index (χ3n) is 3.93. The van der Waals surface area contributed by atoms with E-state index >= 15 is 0 Å². The van der Waals surface area contributed by atoms with Crippen LogP contribution < -0.4 is 4.74 Å². The summed E-state index contributed by atoms with van der Waals surface area (Å²) in [5.74, 6) is -0.972. The topological polar surface area (TPSA) is 66.8 Å². The highest BCUT2D eigenvalue weighted by molar-refractivity contribution is 6.31. The fraction of sp³-hybridized carbons (Fsp3) is 0.529.